The van der Waals surface area contributed by atoms with Crippen molar-refractivity contribution >= 4 is 33.4 Å². The second-order valence-corrected chi connectivity index (χ2v) is 11.0. The standard InChI is InChI=1S/C27H29FN4O4S/c1-30(2)37(35,36)32(25-12-6-4-10-23(25)28)19-20-13-15-21(16-14-20)26(33)29-24-11-5-3-9-22(24)27(34)31-17-7-8-18-31/h3-6,9-16H,7-8,17-19H2,1-2H3,(H,29,33). The molecule has 0 aliphatic carbocycles. The van der Waals surface area contributed by atoms with Gasteiger partial charge in [0.05, 0.1) is 23.5 Å². The number of hydrogen-bond acceptors (Lipinski definition) is 4. The van der Waals surface area contributed by atoms with Crippen LogP contribution in [0.2, 0.25) is 0 Å². The van der Waals surface area contributed by atoms with Gasteiger partial charge in [0.25, 0.3) is 11.8 Å². The molecule has 0 atom stereocenters. The molecule has 4 rings (SSSR count). The molecule has 3 aromatic carbocycles. The van der Waals surface area contributed by atoms with Crippen molar-refractivity contribution < 1.29 is 22.4 Å². The number of carbonyl (C=O) groups excluding carboxylic acids is 2. The zero-order chi connectivity index (χ0) is 26.6. The summed E-state index contributed by atoms with van der Waals surface area (Å²) in [6.07, 6.45) is 1.94. The van der Waals surface area contributed by atoms with E-state index in [9.17, 15) is 22.4 Å². The number of rotatable bonds is 8. The molecule has 10 heteroatoms. The highest BCUT2D eigenvalue weighted by Gasteiger charge is 2.27. The number of anilines is 2. The van der Waals surface area contributed by atoms with Crippen LogP contribution in [0.25, 0.3) is 0 Å². The Morgan fingerprint density at radius 1 is 0.919 bits per heavy atom. The smallest absolute Gasteiger partial charge is 0.303 e. The number of carbonyl (C=O) groups is 2. The zero-order valence-electron chi connectivity index (χ0n) is 20.7. The lowest BCUT2D eigenvalue weighted by molar-refractivity contribution is 0.0794. The Balaban J connectivity index is 1.53. The number of halogens is 1. The predicted molar refractivity (Wildman–Crippen MR) is 141 cm³/mol. The Hall–Kier alpha value is -3.76. The van der Waals surface area contributed by atoms with E-state index in [4.69, 9.17) is 0 Å². The van der Waals surface area contributed by atoms with Gasteiger partial charge in [0.2, 0.25) is 0 Å². The Labute approximate surface area is 216 Å². The highest BCUT2D eigenvalue weighted by atomic mass is 32.2. The summed E-state index contributed by atoms with van der Waals surface area (Å²) in [5.74, 6) is -1.18. The average molecular weight is 525 g/mol. The highest BCUT2D eigenvalue weighted by molar-refractivity contribution is 7.90. The van der Waals surface area contributed by atoms with Crippen LogP contribution in [0.4, 0.5) is 15.8 Å². The number of amides is 2. The monoisotopic (exact) mass is 524 g/mol. The fraction of sp³-hybridized carbons (Fsp3) is 0.259. The highest BCUT2D eigenvalue weighted by Crippen LogP contribution is 2.26. The number of para-hydroxylation sites is 2. The molecule has 0 aromatic heterocycles. The molecule has 8 nitrogen and oxygen atoms in total. The second-order valence-electron chi connectivity index (χ2n) is 8.94. The third-order valence-electron chi connectivity index (χ3n) is 6.20. The minimum atomic E-state index is -3.99. The molecule has 1 saturated heterocycles. The molecule has 0 unspecified atom stereocenters. The number of benzene rings is 3. The van der Waals surface area contributed by atoms with Crippen molar-refractivity contribution in [3.05, 3.63) is 95.3 Å². The molecule has 0 bridgehead atoms. The second kappa shape index (κ2) is 11.1. The van der Waals surface area contributed by atoms with E-state index in [1.54, 1.807) is 59.5 Å². The van der Waals surface area contributed by atoms with Gasteiger partial charge in [0, 0.05) is 32.7 Å². The van der Waals surface area contributed by atoms with E-state index in [2.05, 4.69) is 5.32 Å². The molecular formula is C27H29FN4O4S. The van der Waals surface area contributed by atoms with Gasteiger partial charge in [0.15, 0.2) is 0 Å². The fourth-order valence-electron chi connectivity index (χ4n) is 4.13. The van der Waals surface area contributed by atoms with Crippen LogP contribution >= 0.6 is 0 Å². The van der Waals surface area contributed by atoms with Crippen molar-refractivity contribution in [2.75, 3.05) is 36.8 Å². The Bertz CT molecular complexity index is 1390. The molecule has 194 valence electrons. The van der Waals surface area contributed by atoms with Crippen molar-refractivity contribution in [2.24, 2.45) is 0 Å². The van der Waals surface area contributed by atoms with Gasteiger partial charge in [-0.2, -0.15) is 12.7 Å². The van der Waals surface area contributed by atoms with E-state index in [1.807, 2.05) is 0 Å². The van der Waals surface area contributed by atoms with E-state index < -0.39 is 21.9 Å². The van der Waals surface area contributed by atoms with Crippen LogP contribution in [0.3, 0.4) is 0 Å². The van der Waals surface area contributed by atoms with Crippen LogP contribution < -0.4 is 9.62 Å². The molecule has 0 spiro atoms. The third-order valence-corrected chi connectivity index (χ3v) is 8.01. The summed E-state index contributed by atoms with van der Waals surface area (Å²) in [4.78, 5) is 27.6. The van der Waals surface area contributed by atoms with Crippen molar-refractivity contribution in [3.63, 3.8) is 0 Å². The van der Waals surface area contributed by atoms with Gasteiger partial charge < -0.3 is 10.2 Å². The minimum Gasteiger partial charge on any atom is -0.339 e. The maximum Gasteiger partial charge on any atom is 0.303 e. The summed E-state index contributed by atoms with van der Waals surface area (Å²) in [5, 5.41) is 2.81. The lowest BCUT2D eigenvalue weighted by atomic mass is 10.1. The van der Waals surface area contributed by atoms with Crippen LogP contribution in [-0.2, 0) is 16.8 Å². The van der Waals surface area contributed by atoms with Crippen molar-refractivity contribution in [1.82, 2.24) is 9.21 Å². The molecular weight excluding hydrogens is 495 g/mol. The van der Waals surface area contributed by atoms with Crippen LogP contribution in [0.1, 0.15) is 39.1 Å². The molecule has 1 aliphatic rings. The van der Waals surface area contributed by atoms with Gasteiger partial charge in [-0.25, -0.2) is 4.39 Å². The molecule has 2 amide bonds. The molecule has 0 saturated carbocycles. The van der Waals surface area contributed by atoms with Gasteiger partial charge in [-0.05, 0) is 54.8 Å². The summed E-state index contributed by atoms with van der Waals surface area (Å²) in [5.41, 5.74) is 1.69. The van der Waals surface area contributed by atoms with Gasteiger partial charge in [-0.15, -0.1) is 0 Å². The lowest BCUT2D eigenvalue weighted by Gasteiger charge is -2.27. The maximum atomic E-state index is 14.5. The summed E-state index contributed by atoms with van der Waals surface area (Å²) in [6.45, 7) is 1.28. The minimum absolute atomic E-state index is 0.0719. The van der Waals surface area contributed by atoms with Gasteiger partial charge in [-0.1, -0.05) is 36.4 Å². The predicted octanol–water partition coefficient (Wildman–Crippen LogP) is 4.13. The van der Waals surface area contributed by atoms with E-state index in [1.165, 1.54) is 32.3 Å². The van der Waals surface area contributed by atoms with Gasteiger partial charge in [-0.3, -0.25) is 13.9 Å². The Morgan fingerprint density at radius 3 is 2.19 bits per heavy atom. The molecule has 1 aliphatic heterocycles. The normalized spacial score (nSPS) is 13.6. The maximum absolute atomic E-state index is 14.5. The topological polar surface area (TPSA) is 90.0 Å². The SMILES string of the molecule is CN(C)S(=O)(=O)N(Cc1ccc(C(=O)Nc2ccccc2C(=O)N2CCCC2)cc1)c1ccccc1F. The first kappa shape index (κ1) is 26.3. The molecule has 3 aromatic rings. The summed E-state index contributed by atoms with van der Waals surface area (Å²) in [6, 6.07) is 18.9. The molecule has 37 heavy (non-hydrogen) atoms. The molecule has 1 heterocycles. The first-order chi connectivity index (χ1) is 17.7. The summed E-state index contributed by atoms with van der Waals surface area (Å²) >= 11 is 0. The molecule has 1 fully saturated rings. The number of hydrogen-bond donors (Lipinski definition) is 1. The largest absolute Gasteiger partial charge is 0.339 e. The molecule has 1 N–H and O–H groups in total. The lowest BCUT2D eigenvalue weighted by Crippen LogP contribution is -2.40. The Kier molecular flexibility index (Phi) is 7.89. The fourth-order valence-corrected chi connectivity index (χ4v) is 5.24. The van der Waals surface area contributed by atoms with Gasteiger partial charge >= 0.3 is 10.2 Å². The number of nitrogens with zero attached hydrogens (tertiary/aromatic N) is 3. The first-order valence-electron chi connectivity index (χ1n) is 11.9. The number of likely N-dealkylation sites (tertiary alicyclic amines) is 1. The third kappa shape index (κ3) is 5.81. The van der Waals surface area contributed by atoms with Crippen molar-refractivity contribution in [2.45, 2.75) is 19.4 Å². The average Bonchev–Trinajstić information content (AvgIpc) is 3.43. The zero-order valence-corrected chi connectivity index (χ0v) is 21.5. The van der Waals surface area contributed by atoms with E-state index in [-0.39, 0.29) is 18.1 Å². The Morgan fingerprint density at radius 2 is 1.54 bits per heavy atom. The van der Waals surface area contributed by atoms with Crippen LogP contribution in [0, 0.1) is 5.82 Å². The van der Waals surface area contributed by atoms with Crippen LogP contribution in [-0.4, -0.2) is 56.6 Å². The van der Waals surface area contributed by atoms with Crippen molar-refractivity contribution in [3.8, 4) is 0 Å². The first-order valence-corrected chi connectivity index (χ1v) is 13.3. The molecule has 0 radical (unpaired) electrons. The summed E-state index contributed by atoms with van der Waals surface area (Å²) < 4.78 is 42.4. The number of nitrogens with one attached hydrogen (secondary N) is 1. The van der Waals surface area contributed by atoms with Crippen LogP contribution in [0.5, 0.6) is 0 Å². The quantitative estimate of drug-likeness (QED) is 0.480. The van der Waals surface area contributed by atoms with Crippen molar-refractivity contribution in [1.29, 1.82) is 0 Å². The van der Waals surface area contributed by atoms with Gasteiger partial charge in [0.1, 0.15) is 5.82 Å². The van der Waals surface area contributed by atoms with E-state index >= 15 is 0 Å². The summed E-state index contributed by atoms with van der Waals surface area (Å²) in [7, 11) is -1.23. The van der Waals surface area contributed by atoms with Crippen LogP contribution in [0.15, 0.2) is 72.8 Å². The van der Waals surface area contributed by atoms with E-state index in [0.29, 0.717) is 35.5 Å². The van der Waals surface area contributed by atoms with E-state index in [0.717, 1.165) is 21.5 Å².